The van der Waals surface area contributed by atoms with Crippen LogP contribution in [0.25, 0.3) is 22.3 Å². The van der Waals surface area contributed by atoms with Crippen LogP contribution >= 0.6 is 7.92 Å². The van der Waals surface area contributed by atoms with Crippen molar-refractivity contribution in [2.45, 2.75) is 89.4 Å². The number of hydrogen-bond acceptors (Lipinski definition) is 0. The maximum atomic E-state index is 2.44. The lowest BCUT2D eigenvalue weighted by atomic mass is 9.94. The van der Waals surface area contributed by atoms with Gasteiger partial charge in [-0.15, -0.1) is 0 Å². The van der Waals surface area contributed by atoms with Gasteiger partial charge in [-0.3, -0.25) is 0 Å². The third-order valence-corrected chi connectivity index (χ3v) is 11.7. The van der Waals surface area contributed by atoms with Crippen molar-refractivity contribution in [3.63, 3.8) is 0 Å². The molecule has 0 nitrogen and oxygen atoms in total. The molecule has 0 aliphatic heterocycles. The Morgan fingerprint density at radius 3 is 1.30 bits per heavy atom. The van der Waals surface area contributed by atoms with E-state index in [1.54, 1.807) is 5.30 Å². The van der Waals surface area contributed by atoms with Gasteiger partial charge in [0.15, 0.2) is 0 Å². The number of aryl methyl sites for hydroxylation is 2. The molecule has 2 fully saturated rings. The summed E-state index contributed by atoms with van der Waals surface area (Å²) in [6, 6.07) is 25.4. The van der Waals surface area contributed by atoms with Crippen LogP contribution in [0.3, 0.4) is 0 Å². The second-order valence-corrected chi connectivity index (χ2v) is 13.0. The lowest BCUT2D eigenvalue weighted by molar-refractivity contribution is 0.487. The first kappa shape index (κ1) is 22.9. The number of hydrogen-bond donors (Lipinski definition) is 0. The second kappa shape index (κ2) is 10.6. The quantitative estimate of drug-likeness (QED) is 0.337. The summed E-state index contributed by atoms with van der Waals surface area (Å²) >= 11 is 0. The topological polar surface area (TPSA) is 0 Å². The van der Waals surface area contributed by atoms with Gasteiger partial charge in [-0.2, -0.15) is 0 Å². The molecule has 2 aliphatic carbocycles. The highest BCUT2D eigenvalue weighted by atomic mass is 31.1. The molecule has 0 saturated heterocycles. The minimum absolute atomic E-state index is 0.206. The molecule has 0 heterocycles. The van der Waals surface area contributed by atoms with E-state index in [4.69, 9.17) is 0 Å². The predicted molar refractivity (Wildman–Crippen MR) is 147 cm³/mol. The van der Waals surface area contributed by atoms with Crippen molar-refractivity contribution in [3.05, 3.63) is 77.9 Å². The molecule has 3 aromatic carbocycles. The highest BCUT2D eigenvalue weighted by Gasteiger charge is 2.35. The van der Waals surface area contributed by atoms with Crippen LogP contribution < -0.4 is 5.30 Å². The first-order valence-electron chi connectivity index (χ1n) is 13.3. The van der Waals surface area contributed by atoms with E-state index in [2.05, 4.69) is 80.6 Å². The fraction of sp³-hybridized carbons (Fsp3) is 0.438. The Labute approximate surface area is 202 Å². The van der Waals surface area contributed by atoms with Gasteiger partial charge in [0.1, 0.15) is 0 Å². The minimum Gasteiger partial charge on any atom is -0.0676 e. The van der Waals surface area contributed by atoms with Gasteiger partial charge < -0.3 is 0 Å². The normalized spacial score (nSPS) is 18.0. The van der Waals surface area contributed by atoms with Crippen LogP contribution in [0.1, 0.15) is 75.3 Å². The Balaban J connectivity index is 1.76. The van der Waals surface area contributed by atoms with Gasteiger partial charge in [0.05, 0.1) is 0 Å². The van der Waals surface area contributed by atoms with Crippen molar-refractivity contribution in [1.82, 2.24) is 0 Å². The molecule has 0 radical (unpaired) electrons. The van der Waals surface area contributed by atoms with Crippen LogP contribution in [-0.4, -0.2) is 11.3 Å². The van der Waals surface area contributed by atoms with Crippen LogP contribution in [-0.2, 0) is 0 Å². The van der Waals surface area contributed by atoms with Crippen molar-refractivity contribution in [3.8, 4) is 22.3 Å². The molecule has 0 bridgehead atoms. The average Bonchev–Trinajstić information content (AvgIpc) is 2.86. The summed E-state index contributed by atoms with van der Waals surface area (Å²) in [6.45, 7) is 4.59. The lowest BCUT2D eigenvalue weighted by Crippen LogP contribution is -2.28. The van der Waals surface area contributed by atoms with E-state index in [1.165, 1.54) is 97.6 Å². The summed E-state index contributed by atoms with van der Waals surface area (Å²) < 4.78 is 0. The molecule has 3 aromatic rings. The van der Waals surface area contributed by atoms with E-state index in [1.807, 2.05) is 0 Å². The summed E-state index contributed by atoms with van der Waals surface area (Å²) in [6.07, 6.45) is 14.4. The average molecular weight is 455 g/mol. The van der Waals surface area contributed by atoms with Gasteiger partial charge in [0, 0.05) is 0 Å². The van der Waals surface area contributed by atoms with E-state index in [0.29, 0.717) is 0 Å². The van der Waals surface area contributed by atoms with E-state index in [-0.39, 0.29) is 7.92 Å². The summed E-state index contributed by atoms with van der Waals surface area (Å²) in [4.78, 5) is 0. The summed E-state index contributed by atoms with van der Waals surface area (Å²) in [7, 11) is -0.206. The van der Waals surface area contributed by atoms with Gasteiger partial charge in [0.2, 0.25) is 0 Å². The van der Waals surface area contributed by atoms with Crippen molar-refractivity contribution in [2.24, 2.45) is 0 Å². The van der Waals surface area contributed by atoms with Gasteiger partial charge in [-0.05, 0) is 89.5 Å². The van der Waals surface area contributed by atoms with E-state index in [0.717, 1.165) is 11.3 Å². The molecule has 2 saturated carbocycles. The zero-order valence-electron chi connectivity index (χ0n) is 20.5. The fourth-order valence-corrected chi connectivity index (χ4v) is 10.5. The van der Waals surface area contributed by atoms with Gasteiger partial charge in [0.25, 0.3) is 0 Å². The van der Waals surface area contributed by atoms with Crippen LogP contribution in [0.15, 0.2) is 66.7 Å². The van der Waals surface area contributed by atoms with Gasteiger partial charge >= 0.3 is 0 Å². The van der Waals surface area contributed by atoms with E-state index < -0.39 is 0 Å². The molecule has 33 heavy (non-hydrogen) atoms. The zero-order chi connectivity index (χ0) is 22.6. The summed E-state index contributed by atoms with van der Waals surface area (Å²) in [5.41, 5.74) is 10.5. The van der Waals surface area contributed by atoms with Crippen LogP contribution in [0.2, 0.25) is 0 Å². The second-order valence-electron chi connectivity index (χ2n) is 10.3. The monoisotopic (exact) mass is 454 g/mol. The first-order chi connectivity index (χ1) is 16.2. The Morgan fingerprint density at radius 1 is 0.485 bits per heavy atom. The van der Waals surface area contributed by atoms with Crippen molar-refractivity contribution >= 4 is 13.2 Å². The molecule has 0 spiro atoms. The Bertz CT molecular complexity index is 988. The fourth-order valence-electron chi connectivity index (χ4n) is 6.39. The Kier molecular flexibility index (Phi) is 7.32. The Morgan fingerprint density at radius 2 is 0.879 bits per heavy atom. The highest BCUT2D eigenvalue weighted by Crippen LogP contribution is 2.57. The largest absolute Gasteiger partial charge is 0.0676 e. The summed E-state index contributed by atoms with van der Waals surface area (Å²) in [5, 5.41) is 1.73. The van der Waals surface area contributed by atoms with E-state index >= 15 is 0 Å². The van der Waals surface area contributed by atoms with Crippen LogP contribution in [0.5, 0.6) is 0 Å². The van der Waals surface area contributed by atoms with Crippen LogP contribution in [0, 0.1) is 13.8 Å². The molecule has 0 amide bonds. The third-order valence-electron chi connectivity index (χ3n) is 8.10. The molecule has 5 rings (SSSR count). The highest BCUT2D eigenvalue weighted by molar-refractivity contribution is 7.67. The predicted octanol–water partition coefficient (Wildman–Crippen LogP) is 9.41. The molecule has 0 unspecified atom stereocenters. The third kappa shape index (κ3) is 4.83. The zero-order valence-corrected chi connectivity index (χ0v) is 21.4. The van der Waals surface area contributed by atoms with Gasteiger partial charge in [-0.25, -0.2) is 0 Å². The minimum atomic E-state index is -0.206. The maximum absolute atomic E-state index is 2.44. The molecule has 172 valence electrons. The number of rotatable bonds is 5. The summed E-state index contributed by atoms with van der Waals surface area (Å²) in [5.74, 6) is 0. The SMILES string of the molecule is Cc1ccccc1-c1cccc(-c2ccccc2C)c1P(C1CCCCC1)C1CCCCC1. The molecule has 0 N–H and O–H groups in total. The standard InChI is InChI=1S/C32H39P/c1-24-14-9-11-20-28(24)30-22-13-23-31(29-21-12-10-15-25(29)2)32(30)33(26-16-5-3-6-17-26)27-18-7-4-8-19-27/h9-15,20-23,26-27H,3-8,16-19H2,1-2H3. The van der Waals surface area contributed by atoms with Crippen molar-refractivity contribution < 1.29 is 0 Å². The van der Waals surface area contributed by atoms with Crippen molar-refractivity contribution in [2.75, 3.05) is 0 Å². The van der Waals surface area contributed by atoms with E-state index in [9.17, 15) is 0 Å². The lowest BCUT2D eigenvalue weighted by Gasteiger charge is -2.41. The molecular weight excluding hydrogens is 415 g/mol. The maximum Gasteiger partial charge on any atom is -0.00785 e. The number of benzene rings is 3. The van der Waals surface area contributed by atoms with Gasteiger partial charge in [-0.1, -0.05) is 113 Å². The van der Waals surface area contributed by atoms with Crippen LogP contribution in [0.4, 0.5) is 0 Å². The smallest absolute Gasteiger partial charge is 0.00785 e. The molecule has 0 atom stereocenters. The Hall–Kier alpha value is -1.91. The molecule has 0 aromatic heterocycles. The molecule has 1 heteroatoms. The molecule has 2 aliphatic rings. The van der Waals surface area contributed by atoms with Crippen molar-refractivity contribution in [1.29, 1.82) is 0 Å². The first-order valence-corrected chi connectivity index (χ1v) is 14.8. The molecular formula is C32H39P.